The molecule has 0 aliphatic carbocycles. The van der Waals surface area contributed by atoms with Crippen LogP contribution in [0.3, 0.4) is 0 Å². The molecule has 0 fully saturated rings. The molecule has 14 heavy (non-hydrogen) atoms. The Bertz CT molecular complexity index is 320. The highest BCUT2D eigenvalue weighted by Crippen LogP contribution is 1.99. The van der Waals surface area contributed by atoms with Crippen LogP contribution in [0.4, 0.5) is 0 Å². The van der Waals surface area contributed by atoms with Crippen molar-refractivity contribution in [1.29, 1.82) is 0 Å². The van der Waals surface area contributed by atoms with Gasteiger partial charge in [-0.25, -0.2) is 0 Å². The molecule has 0 unspecified atom stereocenters. The Morgan fingerprint density at radius 1 is 1.07 bits per heavy atom. The van der Waals surface area contributed by atoms with E-state index < -0.39 is 0 Å². The van der Waals surface area contributed by atoms with E-state index in [1.165, 1.54) is 5.56 Å². The summed E-state index contributed by atoms with van der Waals surface area (Å²) in [7, 11) is 0. The van der Waals surface area contributed by atoms with Gasteiger partial charge in [0.05, 0.1) is 6.54 Å². The van der Waals surface area contributed by atoms with Crippen molar-refractivity contribution >= 4 is 6.21 Å². The number of hydrogen-bond acceptors (Lipinski definition) is 1. The smallest absolute Gasteiger partial charge is 0.0639 e. The molecular weight excluding hydrogens is 170 g/mol. The first kappa shape index (κ1) is 10.5. The summed E-state index contributed by atoms with van der Waals surface area (Å²) in [4.78, 5) is 4.27. The van der Waals surface area contributed by atoms with Crippen LogP contribution < -0.4 is 0 Å². The number of aliphatic imine (C=N–C) groups is 1. The number of rotatable bonds is 4. The molecule has 1 heteroatoms. The van der Waals surface area contributed by atoms with Gasteiger partial charge in [0.1, 0.15) is 0 Å². The van der Waals surface area contributed by atoms with Crippen LogP contribution in [-0.4, -0.2) is 6.21 Å². The monoisotopic (exact) mass is 185 g/mol. The number of benzene rings is 1. The molecule has 0 spiro atoms. The van der Waals surface area contributed by atoms with Crippen molar-refractivity contribution in [2.45, 2.75) is 13.5 Å². The molecule has 0 aliphatic heterocycles. The van der Waals surface area contributed by atoms with Gasteiger partial charge in [-0.1, -0.05) is 48.6 Å². The van der Waals surface area contributed by atoms with Crippen molar-refractivity contribution in [2.75, 3.05) is 0 Å². The molecule has 0 heterocycles. The summed E-state index contributed by atoms with van der Waals surface area (Å²) in [5, 5.41) is 0. The highest BCUT2D eigenvalue weighted by molar-refractivity contribution is 5.71. The Labute approximate surface area is 85.5 Å². The largest absolute Gasteiger partial charge is 0.288 e. The van der Waals surface area contributed by atoms with E-state index in [1.54, 1.807) is 0 Å². The van der Waals surface area contributed by atoms with Crippen LogP contribution in [-0.2, 0) is 6.54 Å². The van der Waals surface area contributed by atoms with Crippen LogP contribution in [0.15, 0.2) is 59.6 Å². The Hall–Kier alpha value is -1.63. The van der Waals surface area contributed by atoms with Crippen LogP contribution in [0.2, 0.25) is 0 Å². The minimum absolute atomic E-state index is 0.751. The van der Waals surface area contributed by atoms with E-state index in [0.717, 1.165) is 6.54 Å². The summed E-state index contributed by atoms with van der Waals surface area (Å²) in [5.74, 6) is 0. The quantitative estimate of drug-likeness (QED) is 0.503. The molecule has 0 N–H and O–H groups in total. The van der Waals surface area contributed by atoms with E-state index >= 15 is 0 Å². The summed E-state index contributed by atoms with van der Waals surface area (Å²) in [5.41, 5.74) is 1.24. The molecule has 0 saturated heterocycles. The van der Waals surface area contributed by atoms with Crippen LogP contribution >= 0.6 is 0 Å². The standard InChI is InChI=1S/C13H15N/c1-2-3-4-8-11-14-12-13-9-6-5-7-10-13/h2-11H,12H2,1H3/b3-2+,8-4-,14-11?. The third-order valence-corrected chi connectivity index (χ3v) is 1.72. The molecule has 1 aromatic carbocycles. The summed E-state index contributed by atoms with van der Waals surface area (Å²) in [6.07, 6.45) is 9.69. The maximum atomic E-state index is 4.27. The first-order chi connectivity index (χ1) is 6.93. The predicted molar refractivity (Wildman–Crippen MR) is 62.6 cm³/mol. The van der Waals surface area contributed by atoms with Crippen molar-refractivity contribution in [3.05, 3.63) is 60.2 Å². The molecule has 0 aromatic heterocycles. The number of allylic oxidation sites excluding steroid dienone is 4. The molecule has 1 rings (SSSR count). The first-order valence-electron chi connectivity index (χ1n) is 4.75. The fraction of sp³-hybridized carbons (Fsp3) is 0.154. The molecule has 0 atom stereocenters. The normalized spacial score (nSPS) is 12.1. The Kier molecular flexibility index (Phi) is 5.11. The lowest BCUT2D eigenvalue weighted by Gasteiger charge is -1.92. The van der Waals surface area contributed by atoms with E-state index in [-0.39, 0.29) is 0 Å². The Morgan fingerprint density at radius 2 is 1.86 bits per heavy atom. The van der Waals surface area contributed by atoms with Gasteiger partial charge in [0.2, 0.25) is 0 Å². The summed E-state index contributed by atoms with van der Waals surface area (Å²) >= 11 is 0. The zero-order chi connectivity index (χ0) is 10.1. The summed E-state index contributed by atoms with van der Waals surface area (Å²) in [6.45, 7) is 2.74. The van der Waals surface area contributed by atoms with Crippen LogP contribution in [0.5, 0.6) is 0 Å². The fourth-order valence-corrected chi connectivity index (χ4v) is 1.03. The van der Waals surface area contributed by atoms with E-state index in [9.17, 15) is 0 Å². The van der Waals surface area contributed by atoms with Gasteiger partial charge in [-0.05, 0) is 18.6 Å². The Balaban J connectivity index is 2.34. The van der Waals surface area contributed by atoms with E-state index in [0.29, 0.717) is 0 Å². The van der Waals surface area contributed by atoms with Gasteiger partial charge in [0.25, 0.3) is 0 Å². The number of nitrogens with zero attached hydrogens (tertiary/aromatic N) is 1. The van der Waals surface area contributed by atoms with Crippen molar-refractivity contribution in [3.63, 3.8) is 0 Å². The zero-order valence-corrected chi connectivity index (χ0v) is 8.43. The van der Waals surface area contributed by atoms with Crippen molar-refractivity contribution in [3.8, 4) is 0 Å². The second kappa shape index (κ2) is 6.84. The van der Waals surface area contributed by atoms with Crippen molar-refractivity contribution < 1.29 is 0 Å². The third kappa shape index (κ3) is 4.41. The average Bonchev–Trinajstić information content (AvgIpc) is 2.25. The van der Waals surface area contributed by atoms with E-state index in [2.05, 4.69) is 17.1 Å². The van der Waals surface area contributed by atoms with E-state index in [1.807, 2.05) is 55.6 Å². The van der Waals surface area contributed by atoms with E-state index in [4.69, 9.17) is 0 Å². The SMILES string of the molecule is C/C=C/C=C\C=NCc1ccccc1. The average molecular weight is 185 g/mol. The zero-order valence-electron chi connectivity index (χ0n) is 8.43. The fourth-order valence-electron chi connectivity index (χ4n) is 1.03. The van der Waals surface area contributed by atoms with Gasteiger partial charge in [0, 0.05) is 6.21 Å². The molecule has 0 saturated carbocycles. The predicted octanol–water partition coefficient (Wildman–Crippen LogP) is 3.39. The van der Waals surface area contributed by atoms with Crippen molar-refractivity contribution in [1.82, 2.24) is 0 Å². The van der Waals surface area contributed by atoms with Crippen LogP contribution in [0, 0.1) is 0 Å². The second-order valence-corrected chi connectivity index (χ2v) is 2.89. The first-order valence-corrected chi connectivity index (χ1v) is 4.75. The maximum absolute atomic E-state index is 4.27. The molecule has 72 valence electrons. The van der Waals surface area contributed by atoms with Gasteiger partial charge in [-0.3, -0.25) is 4.99 Å². The minimum atomic E-state index is 0.751. The minimum Gasteiger partial charge on any atom is -0.288 e. The molecule has 1 nitrogen and oxygen atoms in total. The van der Waals surface area contributed by atoms with Crippen LogP contribution in [0.1, 0.15) is 12.5 Å². The molecule has 1 aromatic rings. The van der Waals surface area contributed by atoms with Gasteiger partial charge in [-0.2, -0.15) is 0 Å². The van der Waals surface area contributed by atoms with Crippen LogP contribution in [0.25, 0.3) is 0 Å². The second-order valence-electron chi connectivity index (χ2n) is 2.89. The lowest BCUT2D eigenvalue weighted by Crippen LogP contribution is -1.79. The number of hydrogen-bond donors (Lipinski definition) is 0. The lowest BCUT2D eigenvalue weighted by molar-refractivity contribution is 1.08. The Morgan fingerprint density at radius 3 is 2.57 bits per heavy atom. The lowest BCUT2D eigenvalue weighted by atomic mass is 10.2. The highest BCUT2D eigenvalue weighted by atomic mass is 14.7. The molecule has 0 amide bonds. The highest BCUT2D eigenvalue weighted by Gasteiger charge is 1.84. The summed E-state index contributed by atoms with van der Waals surface area (Å²) < 4.78 is 0. The third-order valence-electron chi connectivity index (χ3n) is 1.72. The summed E-state index contributed by atoms with van der Waals surface area (Å²) in [6, 6.07) is 10.2. The molecule has 0 bridgehead atoms. The maximum Gasteiger partial charge on any atom is 0.0639 e. The van der Waals surface area contributed by atoms with Crippen molar-refractivity contribution in [2.24, 2.45) is 4.99 Å². The van der Waals surface area contributed by atoms with Gasteiger partial charge in [-0.15, -0.1) is 0 Å². The van der Waals surface area contributed by atoms with Gasteiger partial charge in [0.15, 0.2) is 0 Å². The molecular formula is C13H15N. The topological polar surface area (TPSA) is 12.4 Å². The molecule has 0 aliphatic rings. The van der Waals surface area contributed by atoms with Gasteiger partial charge < -0.3 is 0 Å². The van der Waals surface area contributed by atoms with Gasteiger partial charge >= 0.3 is 0 Å². The molecule has 0 radical (unpaired) electrons.